The first-order chi connectivity index (χ1) is 10.6. The maximum atomic E-state index is 13.1. The summed E-state index contributed by atoms with van der Waals surface area (Å²) in [5, 5.41) is 0. The van der Waals surface area contributed by atoms with Gasteiger partial charge >= 0.3 is 0 Å². The number of benzene rings is 2. The molecule has 0 spiro atoms. The lowest BCUT2D eigenvalue weighted by molar-refractivity contribution is -0.113. The van der Waals surface area contributed by atoms with Gasteiger partial charge in [0.25, 0.3) is 0 Å². The molecule has 2 aromatic carbocycles. The van der Waals surface area contributed by atoms with Crippen LogP contribution in [0, 0.1) is 5.82 Å². The fourth-order valence-corrected chi connectivity index (χ4v) is 1.88. The van der Waals surface area contributed by atoms with Gasteiger partial charge in [-0.1, -0.05) is 18.2 Å². The van der Waals surface area contributed by atoms with E-state index in [0.717, 1.165) is 5.56 Å². The number of primary amides is 1. The van der Waals surface area contributed by atoms with Gasteiger partial charge in [-0.25, -0.2) is 4.39 Å². The summed E-state index contributed by atoms with van der Waals surface area (Å²) in [7, 11) is 1.53. The monoisotopic (exact) mass is 301 g/mol. The van der Waals surface area contributed by atoms with Gasteiger partial charge in [0, 0.05) is 6.08 Å². The first-order valence-electron chi connectivity index (χ1n) is 6.61. The highest BCUT2D eigenvalue weighted by Crippen LogP contribution is 2.29. The summed E-state index contributed by atoms with van der Waals surface area (Å²) < 4.78 is 24.0. The number of hydrogen-bond donors (Lipinski definition) is 1. The molecule has 0 aliphatic rings. The number of amides is 1. The highest BCUT2D eigenvalue weighted by atomic mass is 19.1. The molecule has 5 heteroatoms. The van der Waals surface area contributed by atoms with E-state index < -0.39 is 5.91 Å². The molecule has 0 saturated carbocycles. The van der Waals surface area contributed by atoms with Crippen molar-refractivity contribution in [1.29, 1.82) is 0 Å². The first-order valence-corrected chi connectivity index (χ1v) is 6.61. The van der Waals surface area contributed by atoms with Gasteiger partial charge in [0.05, 0.1) is 7.11 Å². The Morgan fingerprint density at radius 1 is 1.23 bits per heavy atom. The molecule has 0 aliphatic heterocycles. The van der Waals surface area contributed by atoms with Crippen LogP contribution in [-0.4, -0.2) is 13.0 Å². The van der Waals surface area contributed by atoms with Gasteiger partial charge in [-0.2, -0.15) is 0 Å². The van der Waals surface area contributed by atoms with Gasteiger partial charge in [-0.15, -0.1) is 0 Å². The maximum absolute atomic E-state index is 13.1. The van der Waals surface area contributed by atoms with E-state index in [2.05, 4.69) is 0 Å². The van der Waals surface area contributed by atoms with E-state index in [1.165, 1.54) is 25.3 Å². The number of nitrogens with two attached hydrogens (primary N) is 1. The standard InChI is InChI=1S/C17H16FNO3/c1-21-15-7-5-12(6-8-17(19)20)10-16(15)22-11-13-3-2-4-14(18)9-13/h2-10H,11H2,1H3,(H2,19,20)/b8-6+. The van der Waals surface area contributed by atoms with Crippen molar-refractivity contribution in [3.63, 3.8) is 0 Å². The number of ether oxygens (including phenoxy) is 2. The zero-order chi connectivity index (χ0) is 15.9. The number of rotatable bonds is 6. The molecule has 22 heavy (non-hydrogen) atoms. The van der Waals surface area contributed by atoms with Crippen LogP contribution < -0.4 is 15.2 Å². The molecule has 0 fully saturated rings. The van der Waals surface area contributed by atoms with Gasteiger partial charge in [0.15, 0.2) is 11.5 Å². The maximum Gasteiger partial charge on any atom is 0.241 e. The van der Waals surface area contributed by atoms with E-state index in [4.69, 9.17) is 15.2 Å². The number of carbonyl (C=O) groups is 1. The lowest BCUT2D eigenvalue weighted by Crippen LogP contribution is -2.05. The van der Waals surface area contributed by atoms with Crippen LogP contribution in [-0.2, 0) is 11.4 Å². The lowest BCUT2D eigenvalue weighted by Gasteiger charge is -2.11. The smallest absolute Gasteiger partial charge is 0.241 e. The van der Waals surface area contributed by atoms with Crippen LogP contribution in [0.3, 0.4) is 0 Å². The molecule has 0 unspecified atom stereocenters. The van der Waals surface area contributed by atoms with Crippen LogP contribution in [0.2, 0.25) is 0 Å². The van der Waals surface area contributed by atoms with Crippen LogP contribution in [0.1, 0.15) is 11.1 Å². The summed E-state index contributed by atoms with van der Waals surface area (Å²) in [5.74, 6) is 0.204. The molecule has 0 saturated heterocycles. The summed E-state index contributed by atoms with van der Waals surface area (Å²) in [6.45, 7) is 0.205. The van der Waals surface area contributed by atoms with Crippen LogP contribution in [0.4, 0.5) is 4.39 Å². The number of hydrogen-bond acceptors (Lipinski definition) is 3. The van der Waals surface area contributed by atoms with Crippen LogP contribution >= 0.6 is 0 Å². The Labute approximate surface area is 128 Å². The third-order valence-electron chi connectivity index (χ3n) is 2.91. The van der Waals surface area contributed by atoms with Crippen molar-refractivity contribution in [2.24, 2.45) is 5.73 Å². The molecule has 0 heterocycles. The second-order valence-electron chi connectivity index (χ2n) is 4.56. The Bertz CT molecular complexity index is 698. The van der Waals surface area contributed by atoms with Gasteiger partial charge in [0.2, 0.25) is 5.91 Å². The van der Waals surface area contributed by atoms with Crippen molar-refractivity contribution in [3.8, 4) is 11.5 Å². The molecule has 0 bridgehead atoms. The van der Waals surface area contributed by atoms with Crippen molar-refractivity contribution in [2.45, 2.75) is 6.61 Å². The molecular formula is C17H16FNO3. The summed E-state index contributed by atoms with van der Waals surface area (Å²) in [6, 6.07) is 11.4. The first kappa shape index (κ1) is 15.6. The van der Waals surface area contributed by atoms with Crippen molar-refractivity contribution < 1.29 is 18.7 Å². The lowest BCUT2D eigenvalue weighted by atomic mass is 10.2. The Kier molecular flexibility index (Phi) is 5.14. The quantitative estimate of drug-likeness (QED) is 0.834. The third kappa shape index (κ3) is 4.34. The minimum absolute atomic E-state index is 0.205. The van der Waals surface area contributed by atoms with E-state index >= 15 is 0 Å². The van der Waals surface area contributed by atoms with Crippen molar-refractivity contribution in [3.05, 3.63) is 65.5 Å². The van der Waals surface area contributed by atoms with E-state index in [9.17, 15) is 9.18 Å². The molecule has 0 aliphatic carbocycles. The van der Waals surface area contributed by atoms with Crippen molar-refractivity contribution in [1.82, 2.24) is 0 Å². The largest absolute Gasteiger partial charge is 0.493 e. The summed E-state index contributed by atoms with van der Waals surface area (Å²) >= 11 is 0. The molecule has 0 atom stereocenters. The second kappa shape index (κ2) is 7.26. The molecule has 2 N–H and O–H groups in total. The minimum atomic E-state index is -0.530. The average Bonchev–Trinajstić information content (AvgIpc) is 2.51. The summed E-state index contributed by atoms with van der Waals surface area (Å²) in [5.41, 5.74) is 6.52. The van der Waals surface area contributed by atoms with E-state index in [1.54, 1.807) is 36.4 Å². The van der Waals surface area contributed by atoms with E-state index in [0.29, 0.717) is 17.1 Å². The van der Waals surface area contributed by atoms with Gasteiger partial charge in [-0.05, 0) is 41.5 Å². The van der Waals surface area contributed by atoms with Gasteiger partial charge in [-0.3, -0.25) is 4.79 Å². The summed E-state index contributed by atoms with van der Waals surface area (Å²) in [6.07, 6.45) is 2.84. The highest BCUT2D eigenvalue weighted by molar-refractivity contribution is 5.90. The Morgan fingerprint density at radius 2 is 2.05 bits per heavy atom. The minimum Gasteiger partial charge on any atom is -0.493 e. The highest BCUT2D eigenvalue weighted by Gasteiger charge is 2.06. The summed E-state index contributed by atoms with van der Waals surface area (Å²) in [4.78, 5) is 10.8. The number of carbonyl (C=O) groups excluding carboxylic acids is 1. The molecule has 0 radical (unpaired) electrons. The molecule has 114 valence electrons. The van der Waals surface area contributed by atoms with Crippen molar-refractivity contribution >= 4 is 12.0 Å². The number of methoxy groups -OCH3 is 1. The molecular weight excluding hydrogens is 285 g/mol. The fourth-order valence-electron chi connectivity index (χ4n) is 1.88. The molecule has 4 nitrogen and oxygen atoms in total. The average molecular weight is 301 g/mol. The predicted molar refractivity (Wildman–Crippen MR) is 82.0 cm³/mol. The molecule has 1 amide bonds. The van der Waals surface area contributed by atoms with Gasteiger partial charge in [0.1, 0.15) is 12.4 Å². The zero-order valence-electron chi connectivity index (χ0n) is 12.1. The third-order valence-corrected chi connectivity index (χ3v) is 2.91. The SMILES string of the molecule is COc1ccc(/C=C/C(N)=O)cc1OCc1cccc(F)c1. The van der Waals surface area contributed by atoms with Crippen LogP contribution in [0.25, 0.3) is 6.08 Å². The second-order valence-corrected chi connectivity index (χ2v) is 4.56. The Morgan fingerprint density at radius 3 is 2.73 bits per heavy atom. The van der Waals surface area contributed by atoms with Gasteiger partial charge < -0.3 is 15.2 Å². The molecule has 2 aromatic rings. The fraction of sp³-hybridized carbons (Fsp3) is 0.118. The Hall–Kier alpha value is -2.82. The zero-order valence-corrected chi connectivity index (χ0v) is 12.1. The normalized spacial score (nSPS) is 10.6. The molecule has 0 aromatic heterocycles. The predicted octanol–water partition coefficient (Wildman–Crippen LogP) is 2.91. The van der Waals surface area contributed by atoms with E-state index in [1.807, 2.05) is 0 Å². The van der Waals surface area contributed by atoms with E-state index in [-0.39, 0.29) is 12.4 Å². The topological polar surface area (TPSA) is 61.5 Å². The van der Waals surface area contributed by atoms with Crippen LogP contribution in [0.15, 0.2) is 48.5 Å². The Balaban J connectivity index is 2.17. The number of halogens is 1. The molecule has 2 rings (SSSR count). The van der Waals surface area contributed by atoms with Crippen molar-refractivity contribution in [2.75, 3.05) is 7.11 Å². The van der Waals surface area contributed by atoms with Crippen LogP contribution in [0.5, 0.6) is 11.5 Å².